The topological polar surface area (TPSA) is 64.1 Å². The van der Waals surface area contributed by atoms with E-state index in [0.29, 0.717) is 0 Å². The van der Waals surface area contributed by atoms with Crippen molar-refractivity contribution in [3.63, 3.8) is 0 Å². The Morgan fingerprint density at radius 3 is 2.86 bits per heavy atom. The monoisotopic (exact) mass is 281 g/mol. The lowest BCUT2D eigenvalue weighted by Gasteiger charge is -2.15. The number of aromatic nitrogens is 1. The van der Waals surface area contributed by atoms with E-state index in [0.717, 1.165) is 40.8 Å². The molecule has 1 aromatic carbocycles. The summed E-state index contributed by atoms with van der Waals surface area (Å²) in [7, 11) is 0. The van der Waals surface area contributed by atoms with Crippen LogP contribution in [0, 0.1) is 0 Å². The number of para-hydroxylation sites is 1. The molecular weight excluding hydrogens is 262 g/mol. The molecule has 0 aliphatic rings. The second-order valence-electron chi connectivity index (χ2n) is 5.07. The summed E-state index contributed by atoms with van der Waals surface area (Å²) in [4.78, 5) is 4.70. The molecule has 0 bridgehead atoms. The molecule has 1 atom stereocenters. The Balaban J connectivity index is 1.88. The summed E-state index contributed by atoms with van der Waals surface area (Å²) in [6.07, 6.45) is 3.30. The van der Waals surface area contributed by atoms with Crippen LogP contribution in [0.1, 0.15) is 30.0 Å². The Kier molecular flexibility index (Phi) is 3.99. The molecule has 0 radical (unpaired) electrons. The van der Waals surface area contributed by atoms with Crippen molar-refractivity contribution in [2.24, 2.45) is 5.84 Å². The highest BCUT2D eigenvalue weighted by Gasteiger charge is 2.17. The molecule has 4 nitrogen and oxygen atoms in total. The maximum Gasteiger partial charge on any atom is 0.108 e. The van der Waals surface area contributed by atoms with Crippen LogP contribution in [-0.4, -0.2) is 4.98 Å². The third-order valence-corrected chi connectivity index (χ3v) is 3.75. The number of nitrogens with zero attached hydrogens (tertiary/aromatic N) is 1. The van der Waals surface area contributed by atoms with Crippen LogP contribution in [0.3, 0.4) is 0 Å². The maximum atomic E-state index is 5.73. The van der Waals surface area contributed by atoms with Crippen molar-refractivity contribution in [3.8, 4) is 0 Å². The zero-order valence-electron chi connectivity index (χ0n) is 12.0. The van der Waals surface area contributed by atoms with Crippen LogP contribution in [0.2, 0.25) is 0 Å². The highest BCUT2D eigenvalue weighted by atomic mass is 16.3. The first-order valence-corrected chi connectivity index (χ1v) is 7.19. The first-order chi connectivity index (χ1) is 10.3. The summed E-state index contributed by atoms with van der Waals surface area (Å²) in [6, 6.07) is 14.3. The summed E-state index contributed by atoms with van der Waals surface area (Å²) >= 11 is 0. The Morgan fingerprint density at radius 2 is 2.05 bits per heavy atom. The average molecular weight is 281 g/mol. The number of nitrogens with two attached hydrogens (primary N) is 1. The largest absolute Gasteiger partial charge is 0.469 e. The summed E-state index contributed by atoms with van der Waals surface area (Å²) in [6.45, 7) is 2.07. The van der Waals surface area contributed by atoms with E-state index in [-0.39, 0.29) is 6.04 Å². The third-order valence-electron chi connectivity index (χ3n) is 3.75. The molecule has 3 N–H and O–H groups in total. The molecule has 0 aliphatic carbocycles. The quantitative estimate of drug-likeness (QED) is 0.557. The van der Waals surface area contributed by atoms with E-state index in [1.807, 2.05) is 24.3 Å². The molecule has 21 heavy (non-hydrogen) atoms. The molecule has 108 valence electrons. The van der Waals surface area contributed by atoms with Gasteiger partial charge in [0.25, 0.3) is 0 Å². The van der Waals surface area contributed by atoms with Crippen LogP contribution in [0.15, 0.2) is 53.1 Å². The highest BCUT2D eigenvalue weighted by molar-refractivity contribution is 5.78. The number of hydrogen-bond acceptors (Lipinski definition) is 4. The van der Waals surface area contributed by atoms with Gasteiger partial charge in [-0.25, -0.2) is 0 Å². The van der Waals surface area contributed by atoms with Gasteiger partial charge in [-0.1, -0.05) is 31.2 Å². The van der Waals surface area contributed by atoms with Gasteiger partial charge in [-0.2, -0.15) is 0 Å². The van der Waals surface area contributed by atoms with Crippen LogP contribution in [0.25, 0.3) is 10.9 Å². The average Bonchev–Trinajstić information content (AvgIpc) is 3.01. The van der Waals surface area contributed by atoms with Gasteiger partial charge in [0.1, 0.15) is 5.76 Å². The van der Waals surface area contributed by atoms with Crippen molar-refractivity contribution in [3.05, 3.63) is 65.7 Å². The van der Waals surface area contributed by atoms with Crippen LogP contribution in [-0.2, 0) is 12.8 Å². The van der Waals surface area contributed by atoms with Gasteiger partial charge in [0.05, 0.1) is 17.8 Å². The van der Waals surface area contributed by atoms with E-state index in [4.69, 9.17) is 15.2 Å². The second kappa shape index (κ2) is 6.08. The molecule has 0 saturated carbocycles. The molecule has 2 heterocycles. The molecule has 0 fully saturated rings. The van der Waals surface area contributed by atoms with Gasteiger partial charge in [0.15, 0.2) is 0 Å². The molecular formula is C17H19N3O. The van der Waals surface area contributed by atoms with Gasteiger partial charge >= 0.3 is 0 Å². The van der Waals surface area contributed by atoms with Crippen molar-refractivity contribution in [2.45, 2.75) is 25.8 Å². The van der Waals surface area contributed by atoms with E-state index in [1.165, 1.54) is 0 Å². The molecule has 0 spiro atoms. The van der Waals surface area contributed by atoms with Crippen molar-refractivity contribution in [1.29, 1.82) is 0 Å². The number of benzene rings is 1. The second-order valence-corrected chi connectivity index (χ2v) is 5.07. The van der Waals surface area contributed by atoms with Gasteiger partial charge in [-0.3, -0.25) is 16.3 Å². The summed E-state index contributed by atoms with van der Waals surface area (Å²) < 4.78 is 5.49. The zero-order chi connectivity index (χ0) is 14.7. The summed E-state index contributed by atoms with van der Waals surface area (Å²) in [5, 5.41) is 1.15. The van der Waals surface area contributed by atoms with Gasteiger partial charge in [0, 0.05) is 29.5 Å². The summed E-state index contributed by atoms with van der Waals surface area (Å²) in [5.41, 5.74) is 6.00. The smallest absolute Gasteiger partial charge is 0.108 e. The van der Waals surface area contributed by atoms with Crippen molar-refractivity contribution in [2.75, 3.05) is 0 Å². The van der Waals surface area contributed by atoms with Crippen molar-refractivity contribution in [1.82, 2.24) is 10.4 Å². The van der Waals surface area contributed by atoms with Gasteiger partial charge < -0.3 is 4.42 Å². The Hall–Kier alpha value is -2.17. The summed E-state index contributed by atoms with van der Waals surface area (Å²) in [5.74, 6) is 6.70. The fourth-order valence-electron chi connectivity index (χ4n) is 2.64. The van der Waals surface area contributed by atoms with E-state index < -0.39 is 0 Å². The van der Waals surface area contributed by atoms with E-state index in [1.54, 1.807) is 6.26 Å². The van der Waals surface area contributed by atoms with E-state index >= 15 is 0 Å². The number of pyridine rings is 1. The van der Waals surface area contributed by atoms with Crippen LogP contribution in [0.4, 0.5) is 0 Å². The molecule has 3 rings (SSSR count). The third kappa shape index (κ3) is 2.82. The number of fused-ring (bicyclic) bond motifs is 1. The molecule has 2 aromatic heterocycles. The Morgan fingerprint density at radius 1 is 1.19 bits per heavy atom. The maximum absolute atomic E-state index is 5.73. The van der Waals surface area contributed by atoms with E-state index in [9.17, 15) is 0 Å². The van der Waals surface area contributed by atoms with Gasteiger partial charge in [-0.05, 0) is 18.2 Å². The molecule has 0 saturated heterocycles. The lowest BCUT2D eigenvalue weighted by molar-refractivity contribution is 0.486. The van der Waals surface area contributed by atoms with Crippen LogP contribution < -0.4 is 11.3 Å². The van der Waals surface area contributed by atoms with E-state index in [2.05, 4.69) is 30.5 Å². The van der Waals surface area contributed by atoms with Gasteiger partial charge in [0.2, 0.25) is 0 Å². The number of hydrogen-bond donors (Lipinski definition) is 2. The lowest BCUT2D eigenvalue weighted by Crippen LogP contribution is -2.30. The fraction of sp³-hybridized carbons (Fsp3) is 0.235. The normalized spacial score (nSPS) is 12.7. The number of aryl methyl sites for hydroxylation is 1. The fourth-order valence-corrected chi connectivity index (χ4v) is 2.64. The SMILES string of the molecule is CCc1occc1C(Cc1ccc2ccccc2n1)NN. The van der Waals surface area contributed by atoms with Crippen LogP contribution in [0.5, 0.6) is 0 Å². The predicted molar refractivity (Wildman–Crippen MR) is 83.6 cm³/mol. The first-order valence-electron chi connectivity index (χ1n) is 7.19. The Bertz CT molecular complexity index is 735. The lowest BCUT2D eigenvalue weighted by atomic mass is 10.0. The van der Waals surface area contributed by atoms with Gasteiger partial charge in [-0.15, -0.1) is 0 Å². The van der Waals surface area contributed by atoms with Crippen molar-refractivity contribution < 1.29 is 4.42 Å². The predicted octanol–water partition coefficient (Wildman–Crippen LogP) is 3.14. The molecule has 1 unspecified atom stereocenters. The zero-order valence-corrected chi connectivity index (χ0v) is 12.0. The number of hydrazine groups is 1. The first kappa shape index (κ1) is 13.8. The molecule has 3 aromatic rings. The van der Waals surface area contributed by atoms with Crippen LogP contribution >= 0.6 is 0 Å². The number of furan rings is 1. The minimum Gasteiger partial charge on any atom is -0.469 e. The van der Waals surface area contributed by atoms with Crippen molar-refractivity contribution >= 4 is 10.9 Å². The number of nitrogens with one attached hydrogen (secondary N) is 1. The Labute approximate surface area is 124 Å². The minimum atomic E-state index is 0.00682. The molecule has 4 heteroatoms. The minimum absolute atomic E-state index is 0.00682. The number of rotatable bonds is 5. The molecule has 0 aliphatic heterocycles. The standard InChI is InChI=1S/C17H19N3O/c1-2-17-14(9-10-21-17)16(20-18)11-13-8-7-12-5-3-4-6-15(12)19-13/h3-10,16,20H,2,11,18H2,1H3. The molecule has 0 amide bonds. The highest BCUT2D eigenvalue weighted by Crippen LogP contribution is 2.23.